The molecule has 0 fully saturated rings. The van der Waals surface area contributed by atoms with E-state index in [-0.39, 0.29) is 5.97 Å². The molecule has 0 unspecified atom stereocenters. The second kappa shape index (κ2) is 7.05. The Hall–Kier alpha value is -2.34. The summed E-state index contributed by atoms with van der Waals surface area (Å²) in [5.74, 6) is 0.357. The predicted molar refractivity (Wildman–Crippen MR) is 94.4 cm³/mol. The molecule has 0 aliphatic rings. The maximum Gasteiger partial charge on any atom is 0.344 e. The number of hydrogen-bond acceptors (Lipinski definition) is 5. The number of carbonyl (C=O) groups is 1. The zero-order valence-corrected chi connectivity index (χ0v) is 14.8. The van der Waals surface area contributed by atoms with Gasteiger partial charge in [0.15, 0.2) is 5.65 Å². The Balaban J connectivity index is 2.03. The van der Waals surface area contributed by atoms with Crippen molar-refractivity contribution in [3.63, 3.8) is 0 Å². The molecule has 0 aliphatic carbocycles. The van der Waals surface area contributed by atoms with Crippen LogP contribution in [0, 0.1) is 13.8 Å². The second-order valence-electron chi connectivity index (χ2n) is 5.45. The highest BCUT2D eigenvalue weighted by Gasteiger charge is 2.23. The normalized spacial score (nSPS) is 11.0. The summed E-state index contributed by atoms with van der Waals surface area (Å²) >= 11 is 1.52. The lowest BCUT2D eigenvalue weighted by Gasteiger charge is -2.03. The minimum atomic E-state index is -0.374. The number of ether oxygens (including phenoxy) is 1. The van der Waals surface area contributed by atoms with E-state index in [2.05, 4.69) is 22.2 Å². The van der Waals surface area contributed by atoms with Crippen molar-refractivity contribution in [2.45, 2.75) is 31.6 Å². The minimum absolute atomic E-state index is 0.323. The van der Waals surface area contributed by atoms with E-state index in [0.717, 1.165) is 17.1 Å². The van der Waals surface area contributed by atoms with Crippen molar-refractivity contribution in [3.8, 4) is 0 Å². The third-order valence-electron chi connectivity index (χ3n) is 3.56. The lowest BCUT2D eigenvalue weighted by Crippen LogP contribution is -2.07. The number of nitrogens with zero attached hydrogens (tertiary/aromatic N) is 3. The van der Waals surface area contributed by atoms with E-state index in [1.807, 2.05) is 38.1 Å². The van der Waals surface area contributed by atoms with Crippen LogP contribution in [-0.4, -0.2) is 27.2 Å². The molecule has 3 aromatic rings. The van der Waals surface area contributed by atoms with Gasteiger partial charge < -0.3 is 4.74 Å². The number of rotatable bonds is 5. The van der Waals surface area contributed by atoms with Crippen molar-refractivity contribution in [1.29, 1.82) is 0 Å². The molecule has 0 saturated carbocycles. The van der Waals surface area contributed by atoms with Crippen molar-refractivity contribution >= 4 is 23.4 Å². The molecule has 0 amide bonds. The third kappa shape index (κ3) is 3.28. The van der Waals surface area contributed by atoms with Crippen LogP contribution in [0.2, 0.25) is 0 Å². The average molecular weight is 341 g/mol. The Kier molecular flexibility index (Phi) is 4.85. The molecule has 0 N–H and O–H groups in total. The number of thioether (sulfide) groups is 1. The first-order valence-corrected chi connectivity index (χ1v) is 8.79. The van der Waals surface area contributed by atoms with Gasteiger partial charge in [-0.05, 0) is 32.4 Å². The standard InChI is InChI=1S/C18H19N3O2S/c1-4-23-18(22)15-16-19-12(2)10-13(3)21(16)20-17(15)24-11-14-8-6-5-7-9-14/h5-10H,4,11H2,1-3H3. The van der Waals surface area contributed by atoms with Gasteiger partial charge in [-0.25, -0.2) is 14.3 Å². The Morgan fingerprint density at radius 3 is 2.71 bits per heavy atom. The molecule has 3 rings (SSSR count). The van der Waals surface area contributed by atoms with Gasteiger partial charge in [-0.15, -0.1) is 0 Å². The SMILES string of the molecule is CCOC(=O)c1c(SCc2ccccc2)nn2c(C)cc(C)nc12. The molecular weight excluding hydrogens is 322 g/mol. The van der Waals surface area contributed by atoms with Crippen LogP contribution in [0.25, 0.3) is 5.65 Å². The molecule has 0 bridgehead atoms. The van der Waals surface area contributed by atoms with Crippen LogP contribution in [0.3, 0.4) is 0 Å². The van der Waals surface area contributed by atoms with Gasteiger partial charge in [0.25, 0.3) is 0 Å². The largest absolute Gasteiger partial charge is 0.462 e. The third-order valence-corrected chi connectivity index (χ3v) is 4.60. The molecule has 2 heterocycles. The van der Waals surface area contributed by atoms with E-state index in [4.69, 9.17) is 4.74 Å². The van der Waals surface area contributed by atoms with Gasteiger partial charge >= 0.3 is 5.97 Å². The lowest BCUT2D eigenvalue weighted by molar-refractivity contribution is 0.0524. The van der Waals surface area contributed by atoms with E-state index in [1.165, 1.54) is 17.3 Å². The molecule has 0 spiro atoms. The highest BCUT2D eigenvalue weighted by atomic mass is 32.2. The molecule has 6 heteroatoms. The van der Waals surface area contributed by atoms with Gasteiger partial charge in [-0.2, -0.15) is 5.10 Å². The van der Waals surface area contributed by atoms with Crippen LogP contribution < -0.4 is 0 Å². The van der Waals surface area contributed by atoms with Gasteiger partial charge in [-0.3, -0.25) is 0 Å². The summed E-state index contributed by atoms with van der Waals surface area (Å²) in [5.41, 5.74) is 3.97. The Morgan fingerprint density at radius 1 is 1.25 bits per heavy atom. The zero-order valence-electron chi connectivity index (χ0n) is 13.9. The molecule has 24 heavy (non-hydrogen) atoms. The molecule has 0 radical (unpaired) electrons. The van der Waals surface area contributed by atoms with E-state index in [1.54, 1.807) is 11.4 Å². The summed E-state index contributed by atoms with van der Waals surface area (Å²) in [6.07, 6.45) is 0. The summed E-state index contributed by atoms with van der Waals surface area (Å²) in [5, 5.41) is 5.24. The van der Waals surface area contributed by atoms with E-state index < -0.39 is 0 Å². The second-order valence-corrected chi connectivity index (χ2v) is 6.41. The topological polar surface area (TPSA) is 56.5 Å². The number of fused-ring (bicyclic) bond motifs is 1. The molecule has 1 aromatic carbocycles. The Labute approximate surface area is 145 Å². The number of carbonyl (C=O) groups excluding carboxylic acids is 1. The van der Waals surface area contributed by atoms with Gasteiger partial charge in [-0.1, -0.05) is 42.1 Å². The van der Waals surface area contributed by atoms with Crippen LogP contribution in [-0.2, 0) is 10.5 Å². The summed E-state index contributed by atoms with van der Waals surface area (Å²) in [6, 6.07) is 12.0. The molecule has 0 aliphatic heterocycles. The zero-order chi connectivity index (χ0) is 17.1. The fourth-order valence-corrected chi connectivity index (χ4v) is 3.46. The molecule has 0 saturated heterocycles. The maximum absolute atomic E-state index is 12.4. The van der Waals surface area contributed by atoms with Crippen LogP contribution in [0.1, 0.15) is 34.2 Å². The van der Waals surface area contributed by atoms with Gasteiger partial charge in [0.05, 0.1) is 6.61 Å². The van der Waals surface area contributed by atoms with Gasteiger partial charge in [0.1, 0.15) is 10.6 Å². The van der Waals surface area contributed by atoms with Crippen molar-refractivity contribution in [2.24, 2.45) is 0 Å². The Bertz CT molecular complexity index is 875. The van der Waals surface area contributed by atoms with Crippen molar-refractivity contribution in [2.75, 3.05) is 6.61 Å². The summed E-state index contributed by atoms with van der Waals surface area (Å²) in [6.45, 7) is 5.98. The van der Waals surface area contributed by atoms with E-state index in [0.29, 0.717) is 22.8 Å². The maximum atomic E-state index is 12.4. The molecular formula is C18H19N3O2S. The summed E-state index contributed by atoms with van der Waals surface area (Å²) in [7, 11) is 0. The van der Waals surface area contributed by atoms with Crippen LogP contribution in [0.4, 0.5) is 0 Å². The van der Waals surface area contributed by atoms with Crippen molar-refractivity contribution < 1.29 is 9.53 Å². The van der Waals surface area contributed by atoms with Crippen LogP contribution in [0.15, 0.2) is 41.4 Å². The van der Waals surface area contributed by atoms with Crippen LogP contribution in [0.5, 0.6) is 0 Å². The van der Waals surface area contributed by atoms with Crippen molar-refractivity contribution in [1.82, 2.24) is 14.6 Å². The fourth-order valence-electron chi connectivity index (χ4n) is 2.51. The number of esters is 1. The minimum Gasteiger partial charge on any atom is -0.462 e. The average Bonchev–Trinajstić information content (AvgIpc) is 2.93. The fraction of sp³-hybridized carbons (Fsp3) is 0.278. The van der Waals surface area contributed by atoms with E-state index >= 15 is 0 Å². The van der Waals surface area contributed by atoms with Gasteiger partial charge in [0, 0.05) is 17.1 Å². The molecule has 0 atom stereocenters. The number of aromatic nitrogens is 3. The smallest absolute Gasteiger partial charge is 0.344 e. The highest BCUT2D eigenvalue weighted by molar-refractivity contribution is 7.98. The monoisotopic (exact) mass is 341 g/mol. The number of benzene rings is 1. The molecule has 2 aromatic heterocycles. The quantitative estimate of drug-likeness (QED) is 0.522. The predicted octanol–water partition coefficient (Wildman–Crippen LogP) is 3.82. The highest BCUT2D eigenvalue weighted by Crippen LogP contribution is 2.29. The van der Waals surface area contributed by atoms with Gasteiger partial charge in [0.2, 0.25) is 0 Å². The van der Waals surface area contributed by atoms with Crippen LogP contribution >= 0.6 is 11.8 Å². The number of aryl methyl sites for hydroxylation is 2. The summed E-state index contributed by atoms with van der Waals surface area (Å²) < 4.78 is 6.94. The number of hydrogen-bond donors (Lipinski definition) is 0. The molecule has 5 nitrogen and oxygen atoms in total. The van der Waals surface area contributed by atoms with Crippen molar-refractivity contribution in [3.05, 3.63) is 58.9 Å². The first-order valence-electron chi connectivity index (χ1n) is 7.81. The lowest BCUT2D eigenvalue weighted by atomic mass is 10.2. The Morgan fingerprint density at radius 2 is 2.00 bits per heavy atom. The first kappa shape index (κ1) is 16.5. The summed E-state index contributed by atoms with van der Waals surface area (Å²) in [4.78, 5) is 16.9. The van der Waals surface area contributed by atoms with E-state index in [9.17, 15) is 4.79 Å². The molecule has 124 valence electrons. The first-order chi connectivity index (χ1) is 11.6.